The number of aromatic nitrogens is 2. The number of sulfone groups is 1. The number of benzene rings is 2. The molecule has 1 N–H and O–H groups in total. The van der Waals surface area contributed by atoms with Crippen molar-refractivity contribution in [3.8, 4) is 11.1 Å². The molecule has 0 aliphatic rings. The van der Waals surface area contributed by atoms with Crippen LogP contribution in [0, 0.1) is 6.92 Å². The van der Waals surface area contributed by atoms with Crippen LogP contribution in [0.25, 0.3) is 21.3 Å². The third-order valence-electron chi connectivity index (χ3n) is 5.06. The van der Waals surface area contributed by atoms with Gasteiger partial charge in [0.15, 0.2) is 9.84 Å². The SMILES string of the molecule is Cc1ccc(-c2csc3ncn(CCC(=O)Nc4ccccc4S(C)(=O)=O)c(=O)c23)cc1. The molecule has 0 aliphatic heterocycles. The minimum absolute atomic E-state index is 0.00477. The molecule has 0 fully saturated rings. The quantitative estimate of drug-likeness (QED) is 0.464. The lowest BCUT2D eigenvalue weighted by Gasteiger charge is -2.10. The van der Waals surface area contributed by atoms with Gasteiger partial charge in [0, 0.05) is 30.2 Å². The number of carbonyl (C=O) groups is 1. The average Bonchev–Trinajstić information content (AvgIpc) is 3.18. The number of aryl methyl sites for hydroxylation is 2. The van der Waals surface area contributed by atoms with E-state index in [0.717, 1.165) is 22.9 Å². The maximum absolute atomic E-state index is 13.1. The monoisotopic (exact) mass is 467 g/mol. The van der Waals surface area contributed by atoms with E-state index in [-0.39, 0.29) is 29.1 Å². The zero-order chi connectivity index (χ0) is 22.9. The number of carbonyl (C=O) groups excluding carboxylic acids is 1. The smallest absolute Gasteiger partial charge is 0.262 e. The zero-order valence-electron chi connectivity index (χ0n) is 17.5. The number of nitrogens with one attached hydrogen (secondary N) is 1. The molecule has 4 aromatic rings. The van der Waals surface area contributed by atoms with Crippen molar-refractivity contribution < 1.29 is 13.2 Å². The van der Waals surface area contributed by atoms with Gasteiger partial charge in [-0.25, -0.2) is 13.4 Å². The first kappa shape index (κ1) is 21.9. The molecule has 2 heterocycles. The van der Waals surface area contributed by atoms with Gasteiger partial charge >= 0.3 is 0 Å². The molecule has 164 valence electrons. The predicted molar refractivity (Wildman–Crippen MR) is 127 cm³/mol. The van der Waals surface area contributed by atoms with Gasteiger partial charge in [0.25, 0.3) is 5.56 Å². The minimum Gasteiger partial charge on any atom is -0.325 e. The van der Waals surface area contributed by atoms with E-state index in [4.69, 9.17) is 0 Å². The summed E-state index contributed by atoms with van der Waals surface area (Å²) in [5.74, 6) is -0.392. The van der Waals surface area contributed by atoms with Crippen LogP contribution in [0.5, 0.6) is 0 Å². The Morgan fingerprint density at radius 2 is 1.84 bits per heavy atom. The molecule has 9 heteroatoms. The fourth-order valence-corrected chi connectivity index (χ4v) is 5.15. The van der Waals surface area contributed by atoms with Crippen LogP contribution in [0.1, 0.15) is 12.0 Å². The third-order valence-corrected chi connectivity index (χ3v) is 7.10. The molecular weight excluding hydrogens is 446 g/mol. The second-order valence-electron chi connectivity index (χ2n) is 7.51. The van der Waals surface area contributed by atoms with Gasteiger partial charge in [-0.3, -0.25) is 14.2 Å². The lowest BCUT2D eigenvalue weighted by Crippen LogP contribution is -2.24. The van der Waals surface area contributed by atoms with Crippen molar-refractivity contribution in [1.29, 1.82) is 0 Å². The maximum Gasteiger partial charge on any atom is 0.262 e. The molecular formula is C23H21N3O4S2. The molecule has 0 unspecified atom stereocenters. The van der Waals surface area contributed by atoms with Crippen LogP contribution < -0.4 is 10.9 Å². The normalized spacial score (nSPS) is 11.6. The van der Waals surface area contributed by atoms with E-state index in [2.05, 4.69) is 10.3 Å². The van der Waals surface area contributed by atoms with Gasteiger partial charge in [-0.15, -0.1) is 11.3 Å². The summed E-state index contributed by atoms with van der Waals surface area (Å²) in [6.07, 6.45) is 2.53. The standard InChI is InChI=1S/C23H21N3O4S2/c1-15-7-9-16(10-8-15)17-13-31-22-21(17)23(28)26(14-24-22)12-11-20(27)25-18-5-3-4-6-19(18)32(2,29)30/h3-10,13-14H,11-12H2,1-2H3,(H,25,27). The highest BCUT2D eigenvalue weighted by Gasteiger charge is 2.16. The Bertz CT molecular complexity index is 1470. The van der Waals surface area contributed by atoms with E-state index in [1.54, 1.807) is 12.1 Å². The van der Waals surface area contributed by atoms with Gasteiger partial charge in [-0.05, 0) is 24.6 Å². The molecule has 2 aromatic heterocycles. The van der Waals surface area contributed by atoms with Crippen molar-refractivity contribution >= 4 is 43.0 Å². The second kappa shape index (κ2) is 8.68. The fraction of sp³-hybridized carbons (Fsp3) is 0.174. The lowest BCUT2D eigenvalue weighted by atomic mass is 10.1. The number of fused-ring (bicyclic) bond motifs is 1. The molecule has 2 aromatic carbocycles. The summed E-state index contributed by atoms with van der Waals surface area (Å²) >= 11 is 1.41. The minimum atomic E-state index is -3.48. The summed E-state index contributed by atoms with van der Waals surface area (Å²) in [6.45, 7) is 2.13. The Morgan fingerprint density at radius 1 is 1.12 bits per heavy atom. The number of hydrogen-bond donors (Lipinski definition) is 1. The second-order valence-corrected chi connectivity index (χ2v) is 10.3. The molecule has 7 nitrogen and oxygen atoms in total. The Hall–Kier alpha value is -3.30. The highest BCUT2D eigenvalue weighted by molar-refractivity contribution is 7.90. The van der Waals surface area contributed by atoms with Gasteiger partial charge in [-0.2, -0.15) is 0 Å². The number of hydrogen-bond acceptors (Lipinski definition) is 6. The van der Waals surface area contributed by atoms with Crippen LogP contribution in [0.15, 0.2) is 69.9 Å². The summed E-state index contributed by atoms with van der Waals surface area (Å²) in [5, 5.41) is 5.08. The van der Waals surface area contributed by atoms with Crippen molar-refractivity contribution in [3.63, 3.8) is 0 Å². The first-order chi connectivity index (χ1) is 15.2. The first-order valence-corrected chi connectivity index (χ1v) is 12.6. The van der Waals surface area contributed by atoms with Crippen LogP contribution in [0.4, 0.5) is 5.69 Å². The average molecular weight is 468 g/mol. The van der Waals surface area contributed by atoms with Gasteiger partial charge in [0.1, 0.15) is 4.83 Å². The molecule has 1 amide bonds. The number of amides is 1. The summed E-state index contributed by atoms with van der Waals surface area (Å²) in [6, 6.07) is 14.2. The zero-order valence-corrected chi connectivity index (χ0v) is 19.2. The summed E-state index contributed by atoms with van der Waals surface area (Å²) < 4.78 is 25.3. The van der Waals surface area contributed by atoms with Crippen molar-refractivity contribution in [3.05, 3.63) is 76.2 Å². The fourth-order valence-electron chi connectivity index (χ4n) is 3.40. The molecule has 0 spiro atoms. The molecule has 0 saturated heterocycles. The number of nitrogens with zero attached hydrogens (tertiary/aromatic N) is 2. The molecule has 0 bridgehead atoms. The van der Waals surface area contributed by atoms with E-state index in [0.29, 0.717) is 10.2 Å². The van der Waals surface area contributed by atoms with Crippen molar-refractivity contribution in [2.75, 3.05) is 11.6 Å². The number of rotatable bonds is 6. The molecule has 32 heavy (non-hydrogen) atoms. The van der Waals surface area contributed by atoms with E-state index < -0.39 is 15.7 Å². The molecule has 0 atom stereocenters. The van der Waals surface area contributed by atoms with Crippen molar-refractivity contribution in [2.24, 2.45) is 0 Å². The Kier molecular flexibility index (Phi) is 5.94. The van der Waals surface area contributed by atoms with E-state index in [1.165, 1.54) is 34.4 Å². The van der Waals surface area contributed by atoms with Gasteiger partial charge in [0.05, 0.1) is 22.3 Å². The van der Waals surface area contributed by atoms with E-state index in [1.807, 2.05) is 36.6 Å². The number of para-hydroxylation sites is 1. The van der Waals surface area contributed by atoms with Crippen LogP contribution in [-0.4, -0.2) is 30.1 Å². The van der Waals surface area contributed by atoms with Crippen molar-refractivity contribution in [2.45, 2.75) is 24.8 Å². The Labute approximate surface area is 189 Å². The molecule has 0 saturated carbocycles. The molecule has 0 radical (unpaired) electrons. The summed E-state index contributed by atoms with van der Waals surface area (Å²) in [7, 11) is -3.48. The predicted octanol–water partition coefficient (Wildman–Crippen LogP) is 3.87. The number of thiophene rings is 1. The summed E-state index contributed by atoms with van der Waals surface area (Å²) in [4.78, 5) is 30.7. The number of anilines is 1. The molecule has 0 aliphatic carbocycles. The van der Waals surface area contributed by atoms with Crippen LogP contribution >= 0.6 is 11.3 Å². The molecule has 4 rings (SSSR count). The van der Waals surface area contributed by atoms with Crippen LogP contribution in [0.3, 0.4) is 0 Å². The highest BCUT2D eigenvalue weighted by Crippen LogP contribution is 2.30. The maximum atomic E-state index is 13.1. The van der Waals surface area contributed by atoms with Gasteiger partial charge < -0.3 is 5.32 Å². The summed E-state index contributed by atoms with van der Waals surface area (Å²) in [5.41, 5.74) is 2.90. The highest BCUT2D eigenvalue weighted by atomic mass is 32.2. The topological polar surface area (TPSA) is 98.1 Å². The van der Waals surface area contributed by atoms with Crippen LogP contribution in [0.2, 0.25) is 0 Å². The first-order valence-electron chi connectivity index (χ1n) is 9.86. The Balaban J connectivity index is 1.56. The third kappa shape index (κ3) is 4.49. The Morgan fingerprint density at radius 3 is 2.56 bits per heavy atom. The van der Waals surface area contributed by atoms with E-state index in [9.17, 15) is 18.0 Å². The van der Waals surface area contributed by atoms with Gasteiger partial charge in [-0.1, -0.05) is 42.0 Å². The van der Waals surface area contributed by atoms with Gasteiger partial charge in [0.2, 0.25) is 5.91 Å². The van der Waals surface area contributed by atoms with E-state index >= 15 is 0 Å². The van der Waals surface area contributed by atoms with Crippen LogP contribution in [-0.2, 0) is 21.2 Å². The largest absolute Gasteiger partial charge is 0.325 e. The van der Waals surface area contributed by atoms with Crippen molar-refractivity contribution in [1.82, 2.24) is 9.55 Å². The lowest BCUT2D eigenvalue weighted by molar-refractivity contribution is -0.116.